The van der Waals surface area contributed by atoms with Gasteiger partial charge in [0.05, 0.1) is 6.20 Å². The van der Waals surface area contributed by atoms with Gasteiger partial charge in [0.2, 0.25) is 5.89 Å². The number of nitrogens with two attached hydrogens (primary N) is 1. The molecule has 3 aromatic rings. The summed E-state index contributed by atoms with van der Waals surface area (Å²) in [5.74, 6) is 1.79. The Bertz CT molecular complexity index is 922. The van der Waals surface area contributed by atoms with E-state index in [9.17, 15) is 0 Å². The predicted molar refractivity (Wildman–Crippen MR) is 104 cm³/mol. The molecule has 1 aromatic carbocycles. The smallest absolute Gasteiger partial charge is 0.270 e. The van der Waals surface area contributed by atoms with Crippen molar-refractivity contribution in [2.45, 2.75) is 32.4 Å². The lowest BCUT2D eigenvalue weighted by atomic mass is 10.1. The molecule has 1 fully saturated rings. The molecule has 0 spiro atoms. The van der Waals surface area contributed by atoms with Crippen LogP contribution in [0, 0.1) is 0 Å². The number of anilines is 2. The molecule has 27 heavy (non-hydrogen) atoms. The zero-order chi connectivity index (χ0) is 18.8. The van der Waals surface area contributed by atoms with Crippen molar-refractivity contribution in [1.82, 2.24) is 25.5 Å². The first-order valence-corrected chi connectivity index (χ1v) is 9.12. The Morgan fingerprint density at radius 2 is 2.00 bits per heavy atom. The van der Waals surface area contributed by atoms with E-state index in [-0.39, 0.29) is 11.7 Å². The highest BCUT2D eigenvalue weighted by Gasteiger charge is 2.24. The quantitative estimate of drug-likeness (QED) is 0.710. The standard InChI is InChI=1S/C19H23N7O/c1-12-4-3-9-26(12)15-11-22-17(20)16(23-15)19-25-24-18(27-19)14-7-5-13(6-8-14)10-21-2/h5-8,11-12,21H,3-4,9-10H2,1-2H3,(H2,20,22)/t12-/m0/s1. The molecule has 1 aliphatic heterocycles. The second-order valence-corrected chi connectivity index (χ2v) is 6.79. The molecule has 0 saturated carbocycles. The van der Waals surface area contributed by atoms with Crippen LogP contribution in [0.3, 0.4) is 0 Å². The minimum absolute atomic E-state index is 0.281. The van der Waals surface area contributed by atoms with E-state index in [4.69, 9.17) is 10.2 Å². The molecule has 2 aromatic heterocycles. The Morgan fingerprint density at radius 1 is 1.22 bits per heavy atom. The SMILES string of the molecule is CNCc1ccc(-c2nnc(-c3nc(N4CCC[C@@H]4C)cnc3N)o2)cc1. The van der Waals surface area contributed by atoms with E-state index in [1.54, 1.807) is 6.20 Å². The topological polar surface area (TPSA) is 106 Å². The fraction of sp³-hybridized carbons (Fsp3) is 0.368. The molecule has 0 aliphatic carbocycles. The number of nitrogen functional groups attached to an aromatic ring is 1. The van der Waals surface area contributed by atoms with Gasteiger partial charge >= 0.3 is 0 Å². The van der Waals surface area contributed by atoms with Crippen LogP contribution in [0.25, 0.3) is 23.0 Å². The maximum Gasteiger partial charge on any atom is 0.270 e. The Hall–Kier alpha value is -3.00. The Kier molecular flexibility index (Phi) is 4.72. The van der Waals surface area contributed by atoms with Crippen LogP contribution in [0.5, 0.6) is 0 Å². The van der Waals surface area contributed by atoms with E-state index < -0.39 is 0 Å². The molecule has 1 aliphatic rings. The van der Waals surface area contributed by atoms with Gasteiger partial charge in [-0.15, -0.1) is 10.2 Å². The van der Waals surface area contributed by atoms with Gasteiger partial charge in [0, 0.05) is 24.7 Å². The second-order valence-electron chi connectivity index (χ2n) is 6.79. The third-order valence-corrected chi connectivity index (χ3v) is 4.84. The van der Waals surface area contributed by atoms with Gasteiger partial charge in [0.15, 0.2) is 11.5 Å². The molecule has 0 amide bonds. The summed E-state index contributed by atoms with van der Waals surface area (Å²) in [6.45, 7) is 3.96. The molecule has 1 atom stereocenters. The second kappa shape index (κ2) is 7.32. The minimum atomic E-state index is 0.281. The molecule has 0 unspecified atom stereocenters. The van der Waals surface area contributed by atoms with Gasteiger partial charge in [0.1, 0.15) is 5.82 Å². The predicted octanol–water partition coefficient (Wildman–Crippen LogP) is 2.48. The van der Waals surface area contributed by atoms with Gasteiger partial charge in [-0.25, -0.2) is 9.97 Å². The van der Waals surface area contributed by atoms with Crippen molar-refractivity contribution < 1.29 is 4.42 Å². The summed E-state index contributed by atoms with van der Waals surface area (Å²) >= 11 is 0. The van der Waals surface area contributed by atoms with Crippen LogP contribution in [0.2, 0.25) is 0 Å². The number of hydrogen-bond donors (Lipinski definition) is 2. The minimum Gasteiger partial charge on any atom is -0.414 e. The lowest BCUT2D eigenvalue weighted by Gasteiger charge is -2.22. The fourth-order valence-corrected chi connectivity index (χ4v) is 3.36. The Balaban J connectivity index is 1.62. The normalized spacial score (nSPS) is 16.8. The molecule has 4 rings (SSSR count). The summed E-state index contributed by atoms with van der Waals surface area (Å²) in [5.41, 5.74) is 8.49. The van der Waals surface area contributed by atoms with Crippen molar-refractivity contribution in [3.8, 4) is 23.0 Å². The van der Waals surface area contributed by atoms with Gasteiger partial charge < -0.3 is 20.4 Å². The highest BCUT2D eigenvalue weighted by molar-refractivity contribution is 5.66. The summed E-state index contributed by atoms with van der Waals surface area (Å²) < 4.78 is 5.84. The average Bonchev–Trinajstić information content (AvgIpc) is 3.33. The van der Waals surface area contributed by atoms with Crippen molar-refractivity contribution in [3.63, 3.8) is 0 Å². The molecule has 1 saturated heterocycles. The van der Waals surface area contributed by atoms with Crippen LogP contribution < -0.4 is 16.0 Å². The van der Waals surface area contributed by atoms with E-state index in [1.165, 1.54) is 5.56 Å². The van der Waals surface area contributed by atoms with Gasteiger partial charge in [-0.3, -0.25) is 0 Å². The average molecular weight is 365 g/mol. The van der Waals surface area contributed by atoms with Crippen LogP contribution in [-0.4, -0.2) is 39.8 Å². The fourth-order valence-electron chi connectivity index (χ4n) is 3.36. The Morgan fingerprint density at radius 3 is 2.70 bits per heavy atom. The first-order valence-electron chi connectivity index (χ1n) is 9.12. The first kappa shape index (κ1) is 17.4. The molecule has 8 heteroatoms. The molecular weight excluding hydrogens is 342 g/mol. The van der Waals surface area contributed by atoms with Crippen molar-refractivity contribution in [2.75, 3.05) is 24.2 Å². The van der Waals surface area contributed by atoms with Crippen molar-refractivity contribution >= 4 is 11.6 Å². The lowest BCUT2D eigenvalue weighted by Crippen LogP contribution is -2.27. The third-order valence-electron chi connectivity index (χ3n) is 4.84. The summed E-state index contributed by atoms with van der Waals surface area (Å²) in [6, 6.07) is 8.41. The van der Waals surface area contributed by atoms with Crippen molar-refractivity contribution in [2.24, 2.45) is 0 Å². The zero-order valence-electron chi connectivity index (χ0n) is 15.5. The van der Waals surface area contributed by atoms with E-state index in [1.807, 2.05) is 31.3 Å². The first-order chi connectivity index (χ1) is 13.2. The van der Waals surface area contributed by atoms with E-state index in [2.05, 4.69) is 37.3 Å². The Labute approximate surface area is 157 Å². The number of rotatable bonds is 5. The van der Waals surface area contributed by atoms with Gasteiger partial charge in [-0.2, -0.15) is 0 Å². The largest absolute Gasteiger partial charge is 0.414 e. The van der Waals surface area contributed by atoms with Gasteiger partial charge in [-0.05, 0) is 44.5 Å². The van der Waals surface area contributed by atoms with Crippen LogP contribution in [0.4, 0.5) is 11.6 Å². The highest BCUT2D eigenvalue weighted by Crippen LogP contribution is 2.29. The number of nitrogens with one attached hydrogen (secondary N) is 1. The summed E-state index contributed by atoms with van der Waals surface area (Å²) in [5, 5.41) is 11.4. The molecule has 140 valence electrons. The van der Waals surface area contributed by atoms with Crippen molar-refractivity contribution in [3.05, 3.63) is 36.0 Å². The maximum absolute atomic E-state index is 6.03. The summed E-state index contributed by atoms with van der Waals surface area (Å²) in [6.07, 6.45) is 4.00. The lowest BCUT2D eigenvalue weighted by molar-refractivity contribution is 0.582. The number of benzene rings is 1. The van der Waals surface area contributed by atoms with Crippen LogP contribution in [-0.2, 0) is 6.54 Å². The highest BCUT2D eigenvalue weighted by atomic mass is 16.4. The molecule has 0 radical (unpaired) electrons. The number of hydrogen-bond acceptors (Lipinski definition) is 8. The van der Waals surface area contributed by atoms with Crippen molar-refractivity contribution in [1.29, 1.82) is 0 Å². The third kappa shape index (κ3) is 3.48. The van der Waals surface area contributed by atoms with Crippen LogP contribution in [0.15, 0.2) is 34.9 Å². The monoisotopic (exact) mass is 365 g/mol. The molecule has 8 nitrogen and oxygen atoms in total. The zero-order valence-corrected chi connectivity index (χ0v) is 15.5. The van der Waals surface area contributed by atoms with E-state index in [0.29, 0.717) is 17.6 Å². The molecule has 3 heterocycles. The molecule has 0 bridgehead atoms. The van der Waals surface area contributed by atoms with E-state index in [0.717, 1.165) is 37.3 Å². The maximum atomic E-state index is 6.03. The number of nitrogens with zero attached hydrogens (tertiary/aromatic N) is 5. The molecular formula is C19H23N7O. The van der Waals surface area contributed by atoms with Crippen LogP contribution >= 0.6 is 0 Å². The van der Waals surface area contributed by atoms with Gasteiger partial charge in [0.25, 0.3) is 5.89 Å². The summed E-state index contributed by atoms with van der Waals surface area (Å²) in [4.78, 5) is 11.2. The van der Waals surface area contributed by atoms with Gasteiger partial charge in [-0.1, -0.05) is 12.1 Å². The van der Waals surface area contributed by atoms with Crippen LogP contribution in [0.1, 0.15) is 25.3 Å². The summed E-state index contributed by atoms with van der Waals surface area (Å²) in [7, 11) is 1.92. The van der Waals surface area contributed by atoms with E-state index >= 15 is 0 Å². The molecule has 3 N–H and O–H groups in total. The number of aromatic nitrogens is 4.